The van der Waals surface area contributed by atoms with Gasteiger partial charge in [-0.3, -0.25) is 0 Å². The van der Waals surface area contributed by atoms with Gasteiger partial charge in [0.25, 0.3) is 10.2 Å². The summed E-state index contributed by atoms with van der Waals surface area (Å²) in [5.41, 5.74) is -0.296. The van der Waals surface area contributed by atoms with Gasteiger partial charge >= 0.3 is 0 Å². The van der Waals surface area contributed by atoms with Gasteiger partial charge in [0.1, 0.15) is 0 Å². The third-order valence-corrected chi connectivity index (χ3v) is 6.53. The zero-order valence-corrected chi connectivity index (χ0v) is 12.9. The third-order valence-electron chi connectivity index (χ3n) is 3.72. The van der Waals surface area contributed by atoms with Gasteiger partial charge in [-0.2, -0.15) is 17.4 Å². The van der Waals surface area contributed by atoms with Crippen molar-refractivity contribution in [2.75, 3.05) is 31.6 Å². The molecule has 1 saturated heterocycles. The first-order chi connectivity index (χ1) is 8.58. The maximum Gasteiger partial charge on any atom is 0.280 e. The Morgan fingerprint density at radius 3 is 2.33 bits per heavy atom. The summed E-state index contributed by atoms with van der Waals surface area (Å²) in [6.07, 6.45) is 5.23. The van der Waals surface area contributed by atoms with Gasteiger partial charge in [0.2, 0.25) is 0 Å². The van der Waals surface area contributed by atoms with Gasteiger partial charge in [-0.05, 0) is 12.8 Å². The molecule has 1 heterocycles. The van der Waals surface area contributed by atoms with Crippen LogP contribution in [0.2, 0.25) is 0 Å². The predicted octanol–water partition coefficient (Wildman–Crippen LogP) is 1.25. The highest BCUT2D eigenvalue weighted by Crippen LogP contribution is 2.30. The summed E-state index contributed by atoms with van der Waals surface area (Å²) in [6.45, 7) is 1.88. The molecule has 1 saturated carbocycles. The number of hydrogen-bond acceptors (Lipinski definition) is 3. The van der Waals surface area contributed by atoms with Crippen LogP contribution in [0.25, 0.3) is 0 Å². The van der Waals surface area contributed by atoms with Crippen molar-refractivity contribution in [3.63, 3.8) is 0 Å². The zero-order chi connectivity index (χ0) is 13.1. The molecule has 0 spiro atoms. The van der Waals surface area contributed by atoms with Crippen LogP contribution < -0.4 is 4.72 Å². The average Bonchev–Trinajstić information content (AvgIpc) is 2.40. The van der Waals surface area contributed by atoms with Crippen LogP contribution >= 0.6 is 15.9 Å². The van der Waals surface area contributed by atoms with Crippen molar-refractivity contribution in [2.45, 2.75) is 37.6 Å². The zero-order valence-electron chi connectivity index (χ0n) is 10.5. The average molecular weight is 341 g/mol. The number of ether oxygens (including phenoxy) is 1. The fraction of sp³-hybridized carbons (Fsp3) is 1.00. The molecule has 0 unspecified atom stereocenters. The Balaban J connectivity index is 2.05. The Labute approximate surface area is 118 Å². The normalized spacial score (nSPS) is 26.1. The summed E-state index contributed by atoms with van der Waals surface area (Å²) < 4.78 is 34.3. The van der Waals surface area contributed by atoms with E-state index < -0.39 is 10.2 Å². The van der Waals surface area contributed by atoms with E-state index in [1.165, 1.54) is 10.7 Å². The Morgan fingerprint density at radius 2 is 1.78 bits per heavy atom. The van der Waals surface area contributed by atoms with Gasteiger partial charge in [-0.1, -0.05) is 35.2 Å². The molecule has 18 heavy (non-hydrogen) atoms. The van der Waals surface area contributed by atoms with E-state index in [4.69, 9.17) is 4.74 Å². The molecule has 106 valence electrons. The standard InChI is InChI=1S/C11H21BrN2O3S/c12-10-11(4-2-1-3-5-11)13-18(15,16)14-6-8-17-9-7-14/h13H,1-10H2. The highest BCUT2D eigenvalue weighted by molar-refractivity contribution is 9.09. The molecular weight excluding hydrogens is 320 g/mol. The first kappa shape index (κ1) is 14.7. The van der Waals surface area contributed by atoms with Crippen molar-refractivity contribution in [1.82, 2.24) is 9.03 Å². The van der Waals surface area contributed by atoms with Crippen LogP contribution in [-0.2, 0) is 14.9 Å². The summed E-state index contributed by atoms with van der Waals surface area (Å²) in [4.78, 5) is 0. The molecule has 5 nitrogen and oxygen atoms in total. The lowest BCUT2D eigenvalue weighted by atomic mass is 9.84. The fourth-order valence-electron chi connectivity index (χ4n) is 2.62. The smallest absolute Gasteiger partial charge is 0.280 e. The number of hydrogen-bond donors (Lipinski definition) is 1. The SMILES string of the molecule is O=S(=O)(NC1(CBr)CCCCC1)N1CCOCC1. The van der Waals surface area contributed by atoms with Crippen molar-refractivity contribution < 1.29 is 13.2 Å². The molecule has 0 radical (unpaired) electrons. The minimum atomic E-state index is -3.38. The molecule has 0 aromatic carbocycles. The van der Waals surface area contributed by atoms with Crippen molar-refractivity contribution >= 4 is 26.1 Å². The Hall–Kier alpha value is 0.310. The van der Waals surface area contributed by atoms with Crippen LogP contribution in [0.3, 0.4) is 0 Å². The molecule has 2 fully saturated rings. The van der Waals surface area contributed by atoms with Crippen molar-refractivity contribution in [3.8, 4) is 0 Å². The van der Waals surface area contributed by atoms with Crippen LogP contribution in [0, 0.1) is 0 Å². The summed E-state index contributed by atoms with van der Waals surface area (Å²) in [6, 6.07) is 0. The summed E-state index contributed by atoms with van der Waals surface area (Å²) in [7, 11) is -3.38. The van der Waals surface area contributed by atoms with E-state index in [9.17, 15) is 8.42 Å². The van der Waals surface area contributed by atoms with Gasteiger partial charge in [-0.25, -0.2) is 0 Å². The topological polar surface area (TPSA) is 58.6 Å². The summed E-state index contributed by atoms with van der Waals surface area (Å²) in [5, 5.41) is 0.684. The summed E-state index contributed by atoms with van der Waals surface area (Å²) >= 11 is 3.47. The Bertz CT molecular complexity index is 362. The molecule has 2 aliphatic rings. The van der Waals surface area contributed by atoms with E-state index in [-0.39, 0.29) is 5.54 Å². The fourth-order valence-corrected chi connectivity index (χ4v) is 5.09. The minimum Gasteiger partial charge on any atom is -0.379 e. The van der Waals surface area contributed by atoms with Gasteiger partial charge in [-0.15, -0.1) is 0 Å². The lowest BCUT2D eigenvalue weighted by Gasteiger charge is -2.38. The lowest BCUT2D eigenvalue weighted by Crippen LogP contribution is -2.57. The van der Waals surface area contributed by atoms with Crippen LogP contribution in [-0.4, -0.2) is 49.9 Å². The van der Waals surface area contributed by atoms with Gasteiger partial charge < -0.3 is 4.74 Å². The Morgan fingerprint density at radius 1 is 1.17 bits per heavy atom. The van der Waals surface area contributed by atoms with Crippen LogP contribution in [0.4, 0.5) is 0 Å². The first-order valence-corrected chi connectivity index (χ1v) is 9.07. The molecule has 0 aromatic rings. The van der Waals surface area contributed by atoms with E-state index in [1.807, 2.05) is 0 Å². The van der Waals surface area contributed by atoms with E-state index >= 15 is 0 Å². The maximum atomic E-state index is 12.4. The van der Waals surface area contributed by atoms with Crippen molar-refractivity contribution in [1.29, 1.82) is 0 Å². The van der Waals surface area contributed by atoms with Crippen LogP contribution in [0.5, 0.6) is 0 Å². The van der Waals surface area contributed by atoms with Crippen LogP contribution in [0.15, 0.2) is 0 Å². The molecule has 7 heteroatoms. The second-order valence-corrected chi connectivity index (χ2v) is 7.32. The van der Waals surface area contributed by atoms with Gasteiger partial charge in [0, 0.05) is 24.0 Å². The highest BCUT2D eigenvalue weighted by atomic mass is 79.9. The number of nitrogens with one attached hydrogen (secondary N) is 1. The third kappa shape index (κ3) is 3.45. The molecule has 0 amide bonds. The van der Waals surface area contributed by atoms with E-state index in [2.05, 4.69) is 20.7 Å². The molecular formula is C11H21BrN2O3S. The maximum absolute atomic E-state index is 12.4. The van der Waals surface area contributed by atoms with Crippen molar-refractivity contribution in [3.05, 3.63) is 0 Å². The monoisotopic (exact) mass is 340 g/mol. The van der Waals surface area contributed by atoms with Gasteiger partial charge in [0.15, 0.2) is 0 Å². The number of nitrogens with zero attached hydrogens (tertiary/aromatic N) is 1. The molecule has 1 aliphatic carbocycles. The highest BCUT2D eigenvalue weighted by Gasteiger charge is 2.37. The second-order valence-electron chi connectivity index (χ2n) is 5.09. The number of rotatable bonds is 4. The second kappa shape index (κ2) is 6.17. The van der Waals surface area contributed by atoms with E-state index in [1.54, 1.807) is 0 Å². The van der Waals surface area contributed by atoms with Crippen LogP contribution in [0.1, 0.15) is 32.1 Å². The Kier molecular flexibility index (Phi) is 5.05. The molecule has 2 rings (SSSR count). The number of morpholine rings is 1. The first-order valence-electron chi connectivity index (χ1n) is 6.51. The molecule has 1 N–H and O–H groups in total. The lowest BCUT2D eigenvalue weighted by molar-refractivity contribution is 0.0717. The van der Waals surface area contributed by atoms with Gasteiger partial charge in [0.05, 0.1) is 13.2 Å². The quantitative estimate of drug-likeness (QED) is 0.783. The van der Waals surface area contributed by atoms with E-state index in [0.717, 1.165) is 25.7 Å². The number of alkyl halides is 1. The summed E-state index contributed by atoms with van der Waals surface area (Å²) in [5.74, 6) is 0. The van der Waals surface area contributed by atoms with E-state index in [0.29, 0.717) is 31.6 Å². The molecule has 0 bridgehead atoms. The predicted molar refractivity (Wildman–Crippen MR) is 74.1 cm³/mol. The molecule has 1 aliphatic heterocycles. The molecule has 0 aromatic heterocycles. The minimum absolute atomic E-state index is 0.296. The van der Waals surface area contributed by atoms with Crippen molar-refractivity contribution in [2.24, 2.45) is 0 Å². The number of halogens is 1. The largest absolute Gasteiger partial charge is 0.379 e. The molecule has 0 atom stereocenters.